The molecule has 4 unspecified atom stereocenters. The Morgan fingerprint density at radius 3 is 2.50 bits per heavy atom. The third-order valence-corrected chi connectivity index (χ3v) is 8.15. The molecule has 0 bridgehead atoms. The van der Waals surface area contributed by atoms with Gasteiger partial charge in [0.1, 0.15) is 0 Å². The Kier molecular flexibility index (Phi) is 11.1. The number of carbonyl (C=O) groups is 3. The lowest BCUT2D eigenvalue weighted by Gasteiger charge is -2.16. The first-order valence-corrected chi connectivity index (χ1v) is 13.8. The summed E-state index contributed by atoms with van der Waals surface area (Å²) in [6.45, 7) is 3.41. The van der Waals surface area contributed by atoms with Gasteiger partial charge in [-0.15, -0.1) is 0 Å². The molecule has 2 saturated heterocycles. The monoisotopic (exact) mass is 488 g/mol. The maximum atomic E-state index is 12.2. The third kappa shape index (κ3) is 8.85. The van der Waals surface area contributed by atoms with E-state index in [9.17, 15) is 14.4 Å². The number of nitrogens with one attached hydrogen (secondary N) is 4. The van der Waals surface area contributed by atoms with E-state index in [0.717, 1.165) is 63.7 Å². The van der Waals surface area contributed by atoms with Crippen LogP contribution < -0.4 is 21.3 Å². The van der Waals surface area contributed by atoms with Crippen molar-refractivity contribution in [2.24, 2.45) is 5.92 Å². The molecule has 1 aromatic rings. The van der Waals surface area contributed by atoms with Crippen molar-refractivity contribution in [2.45, 2.75) is 82.0 Å². The molecule has 0 spiro atoms. The quantitative estimate of drug-likeness (QED) is 0.225. The highest BCUT2D eigenvalue weighted by molar-refractivity contribution is 8.00. The molecule has 3 rings (SSSR count). The van der Waals surface area contributed by atoms with Crippen LogP contribution in [-0.2, 0) is 16.0 Å². The van der Waals surface area contributed by atoms with Crippen molar-refractivity contribution in [3.05, 3.63) is 35.9 Å². The van der Waals surface area contributed by atoms with E-state index in [0.29, 0.717) is 18.2 Å². The van der Waals surface area contributed by atoms with Crippen molar-refractivity contribution in [2.75, 3.05) is 18.8 Å². The zero-order chi connectivity index (χ0) is 24.2. The van der Waals surface area contributed by atoms with Crippen molar-refractivity contribution < 1.29 is 14.4 Å². The second kappa shape index (κ2) is 14.2. The Bertz CT molecular complexity index is 792. The van der Waals surface area contributed by atoms with Gasteiger partial charge < -0.3 is 21.3 Å². The van der Waals surface area contributed by atoms with E-state index in [-0.39, 0.29) is 35.8 Å². The first-order chi connectivity index (χ1) is 16.5. The number of benzene rings is 1. The minimum absolute atomic E-state index is 0.0213. The molecular formula is C26H40N4O3S. The van der Waals surface area contributed by atoms with Crippen molar-refractivity contribution >= 4 is 29.6 Å². The molecule has 0 aliphatic carbocycles. The summed E-state index contributed by atoms with van der Waals surface area (Å²) in [5, 5.41) is 12.5. The molecule has 2 fully saturated rings. The highest BCUT2D eigenvalue weighted by Gasteiger charge is 2.42. The van der Waals surface area contributed by atoms with Crippen LogP contribution in [0.25, 0.3) is 0 Å². The molecule has 2 aliphatic heterocycles. The predicted octanol–water partition coefficient (Wildman–Crippen LogP) is 3.38. The summed E-state index contributed by atoms with van der Waals surface area (Å²) in [7, 11) is 0. The second-order valence-electron chi connectivity index (χ2n) is 9.51. The number of rotatable bonds is 15. The zero-order valence-electron chi connectivity index (χ0n) is 20.3. The Morgan fingerprint density at radius 1 is 1.00 bits per heavy atom. The topological polar surface area (TPSA) is 99.3 Å². The first kappa shape index (κ1) is 26.4. The van der Waals surface area contributed by atoms with Gasteiger partial charge in [-0.1, -0.05) is 56.5 Å². The van der Waals surface area contributed by atoms with Crippen LogP contribution in [0, 0.1) is 5.92 Å². The van der Waals surface area contributed by atoms with Crippen LogP contribution in [0.3, 0.4) is 0 Å². The Balaban J connectivity index is 1.11. The van der Waals surface area contributed by atoms with E-state index < -0.39 is 0 Å². The van der Waals surface area contributed by atoms with Crippen molar-refractivity contribution in [1.82, 2.24) is 21.3 Å². The Hall–Kier alpha value is -2.22. The molecule has 4 N–H and O–H groups in total. The number of fused-ring (bicyclic) bond motifs is 1. The molecule has 4 amide bonds. The van der Waals surface area contributed by atoms with Crippen LogP contribution in [0.5, 0.6) is 0 Å². The van der Waals surface area contributed by atoms with Crippen LogP contribution in [0.2, 0.25) is 0 Å². The molecular weight excluding hydrogens is 448 g/mol. The van der Waals surface area contributed by atoms with Crippen LogP contribution >= 0.6 is 11.8 Å². The maximum Gasteiger partial charge on any atom is 0.315 e. The van der Waals surface area contributed by atoms with E-state index in [1.807, 2.05) is 36.9 Å². The Labute approximate surface area is 208 Å². The fraction of sp³-hybridized carbons (Fsp3) is 0.654. The molecule has 2 heterocycles. The third-order valence-electron chi connectivity index (χ3n) is 6.64. The minimum atomic E-state index is -0.0436. The number of hydrogen-bond acceptors (Lipinski definition) is 4. The number of unbranched alkanes of at least 4 members (excludes halogenated alkanes) is 4. The number of thioether (sulfide) groups is 1. The lowest BCUT2D eigenvalue weighted by molar-refractivity contribution is -0.124. The summed E-state index contributed by atoms with van der Waals surface area (Å²) in [6.07, 6.45) is 8.33. The van der Waals surface area contributed by atoms with E-state index in [2.05, 4.69) is 33.4 Å². The van der Waals surface area contributed by atoms with Crippen LogP contribution in [0.15, 0.2) is 30.3 Å². The van der Waals surface area contributed by atoms with Gasteiger partial charge in [0.15, 0.2) is 0 Å². The van der Waals surface area contributed by atoms with Gasteiger partial charge in [-0.3, -0.25) is 9.59 Å². The van der Waals surface area contributed by atoms with E-state index >= 15 is 0 Å². The van der Waals surface area contributed by atoms with Gasteiger partial charge in [-0.25, -0.2) is 4.79 Å². The van der Waals surface area contributed by atoms with Gasteiger partial charge >= 0.3 is 6.03 Å². The molecule has 4 atom stereocenters. The number of urea groups is 1. The molecule has 2 aliphatic rings. The fourth-order valence-electron chi connectivity index (χ4n) is 4.64. The number of amides is 4. The predicted molar refractivity (Wildman–Crippen MR) is 138 cm³/mol. The number of hydrogen-bond donors (Lipinski definition) is 4. The summed E-state index contributed by atoms with van der Waals surface area (Å²) >= 11 is 1.92. The molecule has 0 radical (unpaired) electrons. The highest BCUT2D eigenvalue weighted by atomic mass is 32.2. The normalized spacial score (nSPS) is 21.9. The smallest absolute Gasteiger partial charge is 0.315 e. The van der Waals surface area contributed by atoms with Crippen molar-refractivity contribution in [3.63, 3.8) is 0 Å². The summed E-state index contributed by atoms with van der Waals surface area (Å²) in [6, 6.07) is 10.6. The molecule has 1 aromatic carbocycles. The largest absolute Gasteiger partial charge is 0.356 e. The maximum absolute atomic E-state index is 12.2. The SMILES string of the molecule is CC(Cc1ccccc1)C(=O)NCCCCCCNC(=O)CCCCC1SCC2NC(=O)NC21. The summed E-state index contributed by atoms with van der Waals surface area (Å²) in [5.74, 6) is 1.21. The Morgan fingerprint density at radius 2 is 1.74 bits per heavy atom. The molecule has 0 aromatic heterocycles. The first-order valence-electron chi connectivity index (χ1n) is 12.8. The fourth-order valence-corrected chi connectivity index (χ4v) is 6.18. The summed E-state index contributed by atoms with van der Waals surface area (Å²) in [5.41, 5.74) is 1.19. The summed E-state index contributed by atoms with van der Waals surface area (Å²) in [4.78, 5) is 35.7. The van der Waals surface area contributed by atoms with Gasteiger partial charge in [0.25, 0.3) is 0 Å². The minimum Gasteiger partial charge on any atom is -0.356 e. The molecule has 8 heteroatoms. The lowest BCUT2D eigenvalue weighted by Crippen LogP contribution is -2.36. The average Bonchev–Trinajstić information content (AvgIpc) is 3.38. The van der Waals surface area contributed by atoms with Crippen LogP contribution in [-0.4, -0.2) is 54.0 Å². The van der Waals surface area contributed by atoms with Gasteiger partial charge in [0, 0.05) is 36.4 Å². The highest BCUT2D eigenvalue weighted by Crippen LogP contribution is 2.33. The van der Waals surface area contributed by atoms with Crippen LogP contribution in [0.1, 0.15) is 63.9 Å². The van der Waals surface area contributed by atoms with Gasteiger partial charge in [0.05, 0.1) is 12.1 Å². The van der Waals surface area contributed by atoms with E-state index in [4.69, 9.17) is 0 Å². The number of carbonyl (C=O) groups excluding carboxylic acids is 3. The summed E-state index contributed by atoms with van der Waals surface area (Å²) < 4.78 is 0. The molecule has 0 saturated carbocycles. The lowest BCUT2D eigenvalue weighted by atomic mass is 10.0. The van der Waals surface area contributed by atoms with E-state index in [1.54, 1.807) is 0 Å². The molecule has 188 valence electrons. The van der Waals surface area contributed by atoms with Crippen LogP contribution in [0.4, 0.5) is 4.79 Å². The average molecular weight is 489 g/mol. The van der Waals surface area contributed by atoms with Crippen molar-refractivity contribution in [3.8, 4) is 0 Å². The second-order valence-corrected chi connectivity index (χ2v) is 10.8. The molecule has 7 nitrogen and oxygen atoms in total. The van der Waals surface area contributed by atoms with E-state index in [1.165, 1.54) is 5.56 Å². The van der Waals surface area contributed by atoms with Crippen molar-refractivity contribution in [1.29, 1.82) is 0 Å². The zero-order valence-corrected chi connectivity index (χ0v) is 21.1. The van der Waals surface area contributed by atoms with Gasteiger partial charge in [-0.2, -0.15) is 11.8 Å². The van der Waals surface area contributed by atoms with Gasteiger partial charge in [-0.05, 0) is 37.7 Å². The standard InChI is InChI=1S/C26H40N4O3S/c1-19(17-20-11-5-4-6-12-20)25(32)28-16-10-3-2-9-15-27-23(31)14-8-7-13-22-24-21(18-34-22)29-26(33)30-24/h4-6,11-12,19,21-22,24H,2-3,7-10,13-18H2,1H3,(H,27,31)(H,28,32)(H2,29,30,33). The molecule has 34 heavy (non-hydrogen) atoms. The van der Waals surface area contributed by atoms with Gasteiger partial charge in [0.2, 0.25) is 11.8 Å².